The summed E-state index contributed by atoms with van der Waals surface area (Å²) in [4.78, 5) is 16.1. The highest BCUT2D eigenvalue weighted by Gasteiger charge is 2.28. The Balaban J connectivity index is 1.48. The molecule has 1 amide bonds. The summed E-state index contributed by atoms with van der Waals surface area (Å²) < 4.78 is 13.2. The van der Waals surface area contributed by atoms with Gasteiger partial charge in [-0.05, 0) is 24.1 Å². The molecule has 1 saturated heterocycles. The van der Waals surface area contributed by atoms with E-state index >= 15 is 0 Å². The van der Waals surface area contributed by atoms with Crippen LogP contribution in [0.25, 0.3) is 0 Å². The van der Waals surface area contributed by atoms with E-state index in [1.54, 1.807) is 11.0 Å². The van der Waals surface area contributed by atoms with E-state index in [-0.39, 0.29) is 24.7 Å². The fraction of sp³-hybridized carbons (Fsp3) is 0.500. The highest BCUT2D eigenvalue weighted by atomic mass is 16.5. The molecule has 0 radical (unpaired) electrons. The fourth-order valence-electron chi connectivity index (χ4n) is 2.87. The maximum atomic E-state index is 12.2. The summed E-state index contributed by atoms with van der Waals surface area (Å²) in [5, 5.41) is 16.1. The monoisotopic (exact) mass is 360 g/mol. The van der Waals surface area contributed by atoms with Crippen LogP contribution in [0.15, 0.2) is 36.9 Å². The molecule has 2 aromatic rings. The summed E-state index contributed by atoms with van der Waals surface area (Å²) in [6.45, 7) is 1.71. The standard InChI is InChI=1S/C18H24N4O4/c23-10-14-3-5-15(6-4-14)26-17-7-9-25-11-16(17)21-18(24)2-1-8-22-13-19-12-20-22/h3-6,12-13,16-17,23H,1-2,7-11H2,(H,21,24). The van der Waals surface area contributed by atoms with Crippen molar-refractivity contribution in [3.8, 4) is 5.75 Å². The number of nitrogens with one attached hydrogen (secondary N) is 1. The lowest BCUT2D eigenvalue weighted by Crippen LogP contribution is -2.51. The molecule has 8 nitrogen and oxygen atoms in total. The van der Waals surface area contributed by atoms with Crippen molar-refractivity contribution < 1.29 is 19.4 Å². The second-order valence-corrected chi connectivity index (χ2v) is 6.26. The van der Waals surface area contributed by atoms with Crippen molar-refractivity contribution in [1.29, 1.82) is 0 Å². The van der Waals surface area contributed by atoms with Gasteiger partial charge < -0.3 is 19.9 Å². The van der Waals surface area contributed by atoms with Crippen LogP contribution in [0.2, 0.25) is 0 Å². The number of amides is 1. The minimum Gasteiger partial charge on any atom is -0.488 e. The largest absolute Gasteiger partial charge is 0.488 e. The van der Waals surface area contributed by atoms with Gasteiger partial charge in [-0.15, -0.1) is 0 Å². The third kappa shape index (κ3) is 5.27. The Labute approximate surface area is 152 Å². The highest BCUT2D eigenvalue weighted by molar-refractivity contribution is 5.76. The van der Waals surface area contributed by atoms with E-state index in [4.69, 9.17) is 14.6 Å². The predicted octanol–water partition coefficient (Wildman–Crippen LogP) is 0.903. The quantitative estimate of drug-likeness (QED) is 0.726. The molecule has 2 heterocycles. The van der Waals surface area contributed by atoms with E-state index in [9.17, 15) is 4.79 Å². The number of rotatable bonds is 8. The van der Waals surface area contributed by atoms with Crippen LogP contribution < -0.4 is 10.1 Å². The van der Waals surface area contributed by atoms with E-state index in [2.05, 4.69) is 15.4 Å². The van der Waals surface area contributed by atoms with Crippen LogP contribution in [-0.4, -0.2) is 51.1 Å². The number of ether oxygens (including phenoxy) is 2. The van der Waals surface area contributed by atoms with Gasteiger partial charge in [-0.25, -0.2) is 4.98 Å². The number of aryl methyl sites for hydroxylation is 1. The molecule has 0 aliphatic carbocycles. The predicted molar refractivity (Wildman–Crippen MR) is 93.4 cm³/mol. The van der Waals surface area contributed by atoms with Crippen LogP contribution in [0, 0.1) is 0 Å². The van der Waals surface area contributed by atoms with Crippen molar-refractivity contribution in [1.82, 2.24) is 20.1 Å². The molecule has 0 bridgehead atoms. The van der Waals surface area contributed by atoms with Crippen LogP contribution in [0.4, 0.5) is 0 Å². The molecular formula is C18H24N4O4. The topological polar surface area (TPSA) is 98.5 Å². The first kappa shape index (κ1) is 18.3. The summed E-state index contributed by atoms with van der Waals surface area (Å²) in [5.41, 5.74) is 0.835. The SMILES string of the molecule is O=C(CCCn1cncn1)NC1COCCC1Oc1ccc(CO)cc1. The average molecular weight is 360 g/mol. The molecular weight excluding hydrogens is 336 g/mol. The number of carbonyl (C=O) groups is 1. The Morgan fingerprint density at radius 3 is 2.96 bits per heavy atom. The molecule has 1 fully saturated rings. The van der Waals surface area contributed by atoms with E-state index in [1.807, 2.05) is 24.3 Å². The number of benzene rings is 1. The molecule has 2 atom stereocenters. The zero-order valence-electron chi connectivity index (χ0n) is 14.6. The molecule has 26 heavy (non-hydrogen) atoms. The third-order valence-electron chi connectivity index (χ3n) is 4.29. The lowest BCUT2D eigenvalue weighted by atomic mass is 10.1. The first-order valence-electron chi connectivity index (χ1n) is 8.80. The van der Waals surface area contributed by atoms with Gasteiger partial charge in [-0.2, -0.15) is 5.10 Å². The molecule has 140 valence electrons. The minimum absolute atomic E-state index is 0.00479. The first-order valence-corrected chi connectivity index (χ1v) is 8.80. The smallest absolute Gasteiger partial charge is 0.220 e. The van der Waals surface area contributed by atoms with Crippen molar-refractivity contribution in [3.63, 3.8) is 0 Å². The van der Waals surface area contributed by atoms with Gasteiger partial charge in [0.2, 0.25) is 5.91 Å². The van der Waals surface area contributed by atoms with Gasteiger partial charge in [-0.3, -0.25) is 9.48 Å². The first-order chi connectivity index (χ1) is 12.7. The normalized spacial score (nSPS) is 19.9. The van der Waals surface area contributed by atoms with Crippen LogP contribution in [0.1, 0.15) is 24.8 Å². The number of hydrogen-bond donors (Lipinski definition) is 2. The van der Waals surface area contributed by atoms with Gasteiger partial charge >= 0.3 is 0 Å². The molecule has 1 aliphatic rings. The summed E-state index contributed by atoms with van der Waals surface area (Å²) in [6.07, 6.45) is 4.80. The summed E-state index contributed by atoms with van der Waals surface area (Å²) in [7, 11) is 0. The van der Waals surface area contributed by atoms with Crippen molar-refractivity contribution in [2.45, 2.75) is 44.6 Å². The Morgan fingerprint density at radius 2 is 2.23 bits per heavy atom. The van der Waals surface area contributed by atoms with Gasteiger partial charge in [0.05, 0.1) is 25.9 Å². The van der Waals surface area contributed by atoms with Gasteiger partial charge in [-0.1, -0.05) is 12.1 Å². The molecule has 2 N–H and O–H groups in total. The van der Waals surface area contributed by atoms with Gasteiger partial charge in [0.15, 0.2) is 0 Å². The number of carbonyl (C=O) groups excluding carboxylic acids is 1. The van der Waals surface area contributed by atoms with E-state index < -0.39 is 0 Å². The molecule has 2 unspecified atom stereocenters. The number of hydrogen-bond acceptors (Lipinski definition) is 6. The van der Waals surface area contributed by atoms with Gasteiger partial charge in [0, 0.05) is 19.4 Å². The summed E-state index contributed by atoms with van der Waals surface area (Å²) in [6, 6.07) is 7.13. The summed E-state index contributed by atoms with van der Waals surface area (Å²) >= 11 is 0. The Hall–Kier alpha value is -2.45. The maximum absolute atomic E-state index is 12.2. The van der Waals surface area contributed by atoms with Crippen molar-refractivity contribution in [3.05, 3.63) is 42.5 Å². The molecule has 3 rings (SSSR count). The van der Waals surface area contributed by atoms with Crippen LogP contribution >= 0.6 is 0 Å². The van der Waals surface area contributed by atoms with Gasteiger partial charge in [0.25, 0.3) is 0 Å². The van der Waals surface area contributed by atoms with E-state index in [1.165, 1.54) is 6.33 Å². The van der Waals surface area contributed by atoms with Crippen LogP contribution in [-0.2, 0) is 22.7 Å². The van der Waals surface area contributed by atoms with Gasteiger partial charge in [0.1, 0.15) is 24.5 Å². The number of aliphatic hydroxyl groups excluding tert-OH is 1. The van der Waals surface area contributed by atoms with Crippen molar-refractivity contribution >= 4 is 5.91 Å². The number of aliphatic hydroxyl groups is 1. The molecule has 1 aliphatic heterocycles. The lowest BCUT2D eigenvalue weighted by Gasteiger charge is -2.32. The molecule has 1 aromatic carbocycles. The van der Waals surface area contributed by atoms with E-state index in [0.717, 1.165) is 11.3 Å². The molecule has 1 aromatic heterocycles. The van der Waals surface area contributed by atoms with Crippen molar-refractivity contribution in [2.24, 2.45) is 0 Å². The zero-order chi connectivity index (χ0) is 18.2. The number of aromatic nitrogens is 3. The summed E-state index contributed by atoms with van der Waals surface area (Å²) in [5.74, 6) is 0.698. The minimum atomic E-state index is -0.180. The number of nitrogens with zero attached hydrogens (tertiary/aromatic N) is 3. The fourth-order valence-corrected chi connectivity index (χ4v) is 2.87. The Bertz CT molecular complexity index is 675. The van der Waals surface area contributed by atoms with Crippen LogP contribution in [0.5, 0.6) is 5.75 Å². The van der Waals surface area contributed by atoms with Crippen LogP contribution in [0.3, 0.4) is 0 Å². The molecule has 0 spiro atoms. The third-order valence-corrected chi connectivity index (χ3v) is 4.29. The van der Waals surface area contributed by atoms with Crippen molar-refractivity contribution in [2.75, 3.05) is 13.2 Å². The highest BCUT2D eigenvalue weighted by Crippen LogP contribution is 2.19. The average Bonchev–Trinajstić information content (AvgIpc) is 3.17. The maximum Gasteiger partial charge on any atom is 0.220 e. The second kappa shape index (κ2) is 9.30. The lowest BCUT2D eigenvalue weighted by molar-refractivity contribution is -0.124. The Kier molecular flexibility index (Phi) is 6.56. The molecule has 0 saturated carbocycles. The Morgan fingerprint density at radius 1 is 1.38 bits per heavy atom. The molecule has 8 heteroatoms. The second-order valence-electron chi connectivity index (χ2n) is 6.26. The van der Waals surface area contributed by atoms with E-state index in [0.29, 0.717) is 39.0 Å². The zero-order valence-corrected chi connectivity index (χ0v) is 14.6.